The highest BCUT2D eigenvalue weighted by Crippen LogP contribution is 2.42. The highest BCUT2D eigenvalue weighted by molar-refractivity contribution is 5.33. The maximum absolute atomic E-state index is 13.6. The van der Waals surface area contributed by atoms with E-state index in [1.165, 1.54) is 69.9 Å². The summed E-state index contributed by atoms with van der Waals surface area (Å²) < 4.78 is 26.4. The van der Waals surface area contributed by atoms with Crippen molar-refractivity contribution in [1.29, 1.82) is 0 Å². The van der Waals surface area contributed by atoms with E-state index in [0.29, 0.717) is 5.92 Å². The lowest BCUT2D eigenvalue weighted by Gasteiger charge is -2.37. The van der Waals surface area contributed by atoms with Crippen LogP contribution < -0.4 is 0 Å². The molecule has 0 saturated heterocycles. The van der Waals surface area contributed by atoms with Gasteiger partial charge in [0.05, 0.1) is 5.56 Å². The number of nitrogens with zero attached hydrogens (tertiary/aromatic N) is 1. The quantitative estimate of drug-likeness (QED) is 0.441. The minimum absolute atomic E-state index is 0.207. The topological polar surface area (TPSA) is 12.9 Å². The molecule has 0 amide bonds. The fourth-order valence-corrected chi connectivity index (χ4v) is 4.86. The third kappa shape index (κ3) is 5.29. The lowest BCUT2D eigenvalue weighted by atomic mass is 9.69. The zero-order chi connectivity index (χ0) is 18.4. The van der Waals surface area contributed by atoms with Crippen LogP contribution in [0.4, 0.5) is 8.78 Å². The van der Waals surface area contributed by atoms with Crippen LogP contribution >= 0.6 is 0 Å². The predicted molar refractivity (Wildman–Crippen MR) is 101 cm³/mol. The van der Waals surface area contributed by atoms with Gasteiger partial charge >= 0.3 is 0 Å². The van der Waals surface area contributed by atoms with Gasteiger partial charge in [-0.2, -0.15) is 13.8 Å². The van der Waals surface area contributed by atoms with Crippen molar-refractivity contribution < 1.29 is 8.78 Å². The van der Waals surface area contributed by atoms with Gasteiger partial charge in [-0.3, -0.25) is 0 Å². The van der Waals surface area contributed by atoms with Gasteiger partial charge in [-0.15, -0.1) is 0 Å². The Balaban J connectivity index is 1.44. The molecule has 1 aromatic heterocycles. The summed E-state index contributed by atoms with van der Waals surface area (Å²) in [5.41, 5.74) is 0.207. The zero-order valence-electron chi connectivity index (χ0n) is 15.9. The van der Waals surface area contributed by atoms with Crippen LogP contribution in [0.2, 0.25) is 0 Å². The van der Waals surface area contributed by atoms with E-state index in [-0.39, 0.29) is 5.56 Å². The molecular formula is C23H31F2N. The van der Waals surface area contributed by atoms with E-state index in [2.05, 4.69) is 23.7 Å². The third-order valence-corrected chi connectivity index (χ3v) is 6.52. The van der Waals surface area contributed by atoms with E-state index < -0.39 is 11.9 Å². The summed E-state index contributed by atoms with van der Waals surface area (Å²) in [6, 6.07) is 2.55. The normalized spacial score (nSPS) is 29.0. The number of aromatic nitrogens is 1. The second-order valence-electron chi connectivity index (χ2n) is 8.28. The summed E-state index contributed by atoms with van der Waals surface area (Å²) in [6.45, 7) is 2.29. The molecule has 2 fully saturated rings. The van der Waals surface area contributed by atoms with E-state index >= 15 is 0 Å². The number of hydrogen-bond acceptors (Lipinski definition) is 1. The molecule has 0 aliphatic heterocycles. The second kappa shape index (κ2) is 9.49. The molecule has 0 aromatic carbocycles. The number of rotatable bonds is 4. The van der Waals surface area contributed by atoms with Crippen LogP contribution in [0, 0.1) is 47.4 Å². The summed E-state index contributed by atoms with van der Waals surface area (Å²) >= 11 is 0. The minimum Gasteiger partial charge on any atom is -0.189 e. The van der Waals surface area contributed by atoms with Gasteiger partial charge in [-0.25, -0.2) is 0 Å². The van der Waals surface area contributed by atoms with Crippen LogP contribution in [0.1, 0.15) is 83.1 Å². The van der Waals surface area contributed by atoms with Gasteiger partial charge < -0.3 is 0 Å². The van der Waals surface area contributed by atoms with Gasteiger partial charge in [-0.05, 0) is 68.4 Å². The van der Waals surface area contributed by atoms with Crippen molar-refractivity contribution >= 4 is 0 Å². The van der Waals surface area contributed by atoms with Crippen molar-refractivity contribution in [2.24, 2.45) is 23.7 Å². The highest BCUT2D eigenvalue weighted by Gasteiger charge is 2.30. The predicted octanol–water partition coefficient (Wildman–Crippen LogP) is 6.51. The molecule has 142 valence electrons. The SMILES string of the molecule is CCCC[C@H]1CC[C@H]([C@H]2CC[C@H](C#Cc3ccc(F)nc3F)CC2)CC1. The van der Waals surface area contributed by atoms with Gasteiger partial charge in [0.1, 0.15) is 0 Å². The molecule has 0 N–H and O–H groups in total. The molecule has 3 heteroatoms. The Morgan fingerprint density at radius 2 is 1.62 bits per heavy atom. The molecule has 2 aliphatic rings. The lowest BCUT2D eigenvalue weighted by molar-refractivity contribution is 0.153. The maximum atomic E-state index is 13.6. The summed E-state index contributed by atoms with van der Waals surface area (Å²) in [4.78, 5) is 3.20. The smallest absolute Gasteiger partial charge is 0.189 e. The summed E-state index contributed by atoms with van der Waals surface area (Å²) in [5, 5.41) is 0. The van der Waals surface area contributed by atoms with Crippen molar-refractivity contribution in [2.45, 2.75) is 77.6 Å². The first-order valence-corrected chi connectivity index (χ1v) is 10.5. The molecular weight excluding hydrogens is 328 g/mol. The zero-order valence-corrected chi connectivity index (χ0v) is 15.9. The minimum atomic E-state index is -0.800. The summed E-state index contributed by atoms with van der Waals surface area (Å²) in [7, 11) is 0. The Labute approximate surface area is 157 Å². The molecule has 0 radical (unpaired) electrons. The van der Waals surface area contributed by atoms with Gasteiger partial charge in [0, 0.05) is 5.92 Å². The highest BCUT2D eigenvalue weighted by atomic mass is 19.1. The molecule has 1 nitrogen and oxygen atoms in total. The van der Waals surface area contributed by atoms with Gasteiger partial charge in [0.25, 0.3) is 0 Å². The van der Waals surface area contributed by atoms with Crippen LogP contribution in [-0.4, -0.2) is 4.98 Å². The molecule has 2 saturated carbocycles. The van der Waals surface area contributed by atoms with Gasteiger partial charge in [0.2, 0.25) is 11.9 Å². The van der Waals surface area contributed by atoms with E-state index in [0.717, 1.165) is 30.6 Å². The lowest BCUT2D eigenvalue weighted by Crippen LogP contribution is -2.25. The monoisotopic (exact) mass is 359 g/mol. The molecule has 0 atom stereocenters. The first-order valence-electron chi connectivity index (χ1n) is 10.5. The Bertz CT molecular complexity index is 629. The van der Waals surface area contributed by atoms with Crippen molar-refractivity contribution in [3.05, 3.63) is 29.6 Å². The number of pyridine rings is 1. The van der Waals surface area contributed by atoms with E-state index in [4.69, 9.17) is 0 Å². The van der Waals surface area contributed by atoms with Crippen LogP contribution in [0.15, 0.2) is 12.1 Å². The molecule has 3 rings (SSSR count). The molecule has 2 aliphatic carbocycles. The van der Waals surface area contributed by atoms with Crippen LogP contribution in [-0.2, 0) is 0 Å². The van der Waals surface area contributed by atoms with E-state index in [1.54, 1.807) is 0 Å². The summed E-state index contributed by atoms with van der Waals surface area (Å²) in [5.74, 6) is 7.59. The molecule has 0 unspecified atom stereocenters. The fourth-order valence-electron chi connectivity index (χ4n) is 4.86. The average Bonchev–Trinajstić information content (AvgIpc) is 2.66. The average molecular weight is 360 g/mol. The molecule has 26 heavy (non-hydrogen) atoms. The van der Waals surface area contributed by atoms with Gasteiger partial charge in [-0.1, -0.05) is 50.9 Å². The number of halogens is 2. The second-order valence-corrected chi connectivity index (χ2v) is 8.28. The molecule has 1 aromatic rings. The van der Waals surface area contributed by atoms with Crippen molar-refractivity contribution in [2.75, 3.05) is 0 Å². The molecule has 0 bridgehead atoms. The van der Waals surface area contributed by atoms with Crippen molar-refractivity contribution in [3.63, 3.8) is 0 Å². The van der Waals surface area contributed by atoms with Crippen LogP contribution in [0.25, 0.3) is 0 Å². The van der Waals surface area contributed by atoms with Crippen LogP contribution in [0.3, 0.4) is 0 Å². The van der Waals surface area contributed by atoms with Crippen LogP contribution in [0.5, 0.6) is 0 Å². The third-order valence-electron chi connectivity index (χ3n) is 6.52. The fraction of sp³-hybridized carbons (Fsp3) is 0.696. The standard InChI is InChI=1S/C23H31F2N/c1-2-3-4-17-5-10-19(11-6-17)20-12-7-18(8-13-20)9-14-21-15-16-22(24)26-23(21)25/h15-20H,2-8,10-13H2,1H3/t17-,18-,19-,20-. The largest absolute Gasteiger partial charge is 0.231 e. The maximum Gasteiger partial charge on any atom is 0.231 e. The van der Waals surface area contributed by atoms with E-state index in [9.17, 15) is 8.78 Å². The Hall–Kier alpha value is -1.43. The van der Waals surface area contributed by atoms with E-state index in [1.807, 2.05) is 0 Å². The Morgan fingerprint density at radius 3 is 2.23 bits per heavy atom. The Kier molecular flexibility index (Phi) is 7.06. The summed E-state index contributed by atoms with van der Waals surface area (Å²) in [6.07, 6.45) is 14.6. The number of unbranched alkanes of at least 4 members (excludes halogenated alkanes) is 1. The first kappa shape index (κ1) is 19.3. The molecule has 1 heterocycles. The van der Waals surface area contributed by atoms with Gasteiger partial charge in [0.15, 0.2) is 0 Å². The van der Waals surface area contributed by atoms with Crippen molar-refractivity contribution in [1.82, 2.24) is 4.98 Å². The Morgan fingerprint density at radius 1 is 0.962 bits per heavy atom. The van der Waals surface area contributed by atoms with Crippen molar-refractivity contribution in [3.8, 4) is 11.8 Å². The first-order chi connectivity index (χ1) is 12.7. The number of hydrogen-bond donors (Lipinski definition) is 0. The molecule has 0 spiro atoms.